The fourth-order valence-electron chi connectivity index (χ4n) is 6.92. The minimum absolute atomic E-state index is 0.0731. The number of hydrogen-bond acceptors (Lipinski definition) is 8. The fourth-order valence-corrected chi connectivity index (χ4v) is 7.13. The zero-order valence-electron chi connectivity index (χ0n) is 26.4. The Kier molecular flexibility index (Phi) is 8.81. The Bertz CT molecular complexity index is 1430. The summed E-state index contributed by atoms with van der Waals surface area (Å²) in [6, 6.07) is 8.88. The number of halogens is 1. The molecule has 3 saturated heterocycles. The molecule has 4 fully saturated rings. The summed E-state index contributed by atoms with van der Waals surface area (Å²) in [6.07, 6.45) is 3.81. The number of anilines is 1. The molecule has 6 rings (SSSR count). The smallest absolute Gasteiger partial charge is 0.410 e. The number of nitrogens with zero attached hydrogens (tertiary/aromatic N) is 7. The molecular formula is C33H42ClN7O4. The molecule has 1 aliphatic carbocycles. The van der Waals surface area contributed by atoms with Gasteiger partial charge in [0.25, 0.3) is 5.91 Å². The minimum Gasteiger partial charge on any atom is -0.490 e. The van der Waals surface area contributed by atoms with Crippen LogP contribution >= 0.6 is 11.6 Å². The number of amides is 2. The van der Waals surface area contributed by atoms with Crippen molar-refractivity contribution in [2.75, 3.05) is 63.8 Å². The maximum absolute atomic E-state index is 13.1. The van der Waals surface area contributed by atoms with Crippen molar-refractivity contribution in [2.24, 2.45) is 11.3 Å². The van der Waals surface area contributed by atoms with Gasteiger partial charge in [0.05, 0.1) is 11.6 Å². The SMILES string of the molecule is [C-]#[N+]c1ccc(OC2CC3(C2)CN(C(=O)c2ccc(N4CCC(CN5CCN(C(=O)OC(C)(C)C)CC5)CC4)nn2)C3)cc1Cl. The normalized spacial score (nSPS) is 20.7. The van der Waals surface area contributed by atoms with Crippen LogP contribution in [0.3, 0.4) is 0 Å². The van der Waals surface area contributed by atoms with Gasteiger partial charge in [0.1, 0.15) is 17.5 Å². The van der Waals surface area contributed by atoms with Crippen LogP contribution in [0.5, 0.6) is 5.75 Å². The zero-order chi connectivity index (χ0) is 31.8. The largest absolute Gasteiger partial charge is 0.490 e. The molecule has 1 aromatic heterocycles. The van der Waals surface area contributed by atoms with Gasteiger partial charge in [0.15, 0.2) is 11.5 Å². The monoisotopic (exact) mass is 635 g/mol. The van der Waals surface area contributed by atoms with Crippen LogP contribution in [0.15, 0.2) is 30.3 Å². The number of piperazine rings is 1. The van der Waals surface area contributed by atoms with Gasteiger partial charge in [-0.1, -0.05) is 17.7 Å². The van der Waals surface area contributed by atoms with Crippen LogP contribution in [-0.2, 0) is 4.74 Å². The van der Waals surface area contributed by atoms with Gasteiger partial charge >= 0.3 is 6.09 Å². The number of benzene rings is 1. The lowest BCUT2D eigenvalue weighted by molar-refractivity contribution is -0.103. The molecule has 0 N–H and O–H groups in total. The number of carbonyl (C=O) groups is 2. The maximum atomic E-state index is 13.1. The van der Waals surface area contributed by atoms with Crippen LogP contribution in [0.25, 0.3) is 4.85 Å². The van der Waals surface area contributed by atoms with E-state index in [1.54, 1.807) is 24.3 Å². The molecule has 12 heteroatoms. The van der Waals surface area contributed by atoms with Crippen LogP contribution in [0.4, 0.5) is 16.3 Å². The Morgan fingerprint density at radius 2 is 1.71 bits per heavy atom. The number of hydrogen-bond donors (Lipinski definition) is 0. The van der Waals surface area contributed by atoms with E-state index in [4.69, 9.17) is 27.6 Å². The lowest BCUT2D eigenvalue weighted by atomic mass is 9.61. The number of likely N-dealkylation sites (tertiary alicyclic amines) is 1. The van der Waals surface area contributed by atoms with Crippen molar-refractivity contribution in [3.05, 3.63) is 52.5 Å². The van der Waals surface area contributed by atoms with E-state index in [1.165, 1.54) is 0 Å². The molecule has 1 spiro atoms. The highest BCUT2D eigenvalue weighted by atomic mass is 35.5. The van der Waals surface area contributed by atoms with E-state index in [1.807, 2.05) is 36.6 Å². The number of aromatic nitrogens is 2. The summed E-state index contributed by atoms with van der Waals surface area (Å²) in [6.45, 7) is 20.3. The summed E-state index contributed by atoms with van der Waals surface area (Å²) in [5.41, 5.74) is 0.451. The third-order valence-electron chi connectivity index (χ3n) is 9.35. The predicted molar refractivity (Wildman–Crippen MR) is 171 cm³/mol. The summed E-state index contributed by atoms with van der Waals surface area (Å²) in [5, 5.41) is 9.13. The average molecular weight is 636 g/mol. The second-order valence-electron chi connectivity index (χ2n) is 14.0. The van der Waals surface area contributed by atoms with Crippen LogP contribution in [0, 0.1) is 17.9 Å². The van der Waals surface area contributed by atoms with E-state index >= 15 is 0 Å². The first-order valence-corrected chi connectivity index (χ1v) is 16.3. The van der Waals surface area contributed by atoms with Crippen LogP contribution < -0.4 is 9.64 Å². The van der Waals surface area contributed by atoms with Crippen molar-refractivity contribution in [1.82, 2.24) is 24.9 Å². The van der Waals surface area contributed by atoms with Crippen molar-refractivity contribution >= 4 is 35.1 Å². The van der Waals surface area contributed by atoms with Gasteiger partial charge in [-0.2, -0.15) is 0 Å². The first-order chi connectivity index (χ1) is 21.5. The number of piperidine rings is 1. The van der Waals surface area contributed by atoms with Crippen LogP contribution in [0.2, 0.25) is 5.02 Å². The Morgan fingerprint density at radius 3 is 2.31 bits per heavy atom. The lowest BCUT2D eigenvalue weighted by Gasteiger charge is -2.58. The third-order valence-corrected chi connectivity index (χ3v) is 9.65. The molecule has 1 aromatic carbocycles. The van der Waals surface area contributed by atoms with E-state index in [-0.39, 0.29) is 23.5 Å². The predicted octanol–water partition coefficient (Wildman–Crippen LogP) is 5.13. The van der Waals surface area contributed by atoms with Crippen molar-refractivity contribution in [3.8, 4) is 5.75 Å². The van der Waals surface area contributed by atoms with E-state index in [9.17, 15) is 9.59 Å². The number of carbonyl (C=O) groups excluding carboxylic acids is 2. The van der Waals surface area contributed by atoms with Gasteiger partial charge in [0.2, 0.25) is 5.69 Å². The standard InChI is InChI=1S/C33H42ClN7O4/c1-32(2,3)45-31(43)40-15-13-38(14-16-40)20-23-9-11-39(12-10-23)29-8-7-28(36-37-29)30(42)41-21-33(22-41)18-25(19-33)44-24-5-6-27(35-4)26(34)17-24/h5-8,17,23,25H,9-16,18-22H2,1-3H3. The molecule has 0 radical (unpaired) electrons. The van der Waals surface area contributed by atoms with Crippen molar-refractivity contribution in [3.63, 3.8) is 0 Å². The van der Waals surface area contributed by atoms with E-state index in [0.717, 1.165) is 64.2 Å². The molecule has 3 aliphatic heterocycles. The highest BCUT2D eigenvalue weighted by Crippen LogP contribution is 2.50. The summed E-state index contributed by atoms with van der Waals surface area (Å²) >= 11 is 6.13. The number of rotatable bonds is 6. The van der Waals surface area contributed by atoms with Gasteiger partial charge in [-0.05, 0) is 76.6 Å². The fraction of sp³-hybridized carbons (Fsp3) is 0.606. The molecule has 1 saturated carbocycles. The molecule has 45 heavy (non-hydrogen) atoms. The van der Waals surface area contributed by atoms with Gasteiger partial charge < -0.3 is 24.2 Å². The summed E-state index contributed by atoms with van der Waals surface area (Å²) in [7, 11) is 0. The Balaban J connectivity index is 0.896. The van der Waals surface area contributed by atoms with E-state index in [0.29, 0.717) is 54.3 Å². The second-order valence-corrected chi connectivity index (χ2v) is 14.4. The van der Waals surface area contributed by atoms with Crippen molar-refractivity contribution in [1.29, 1.82) is 0 Å². The molecule has 2 amide bonds. The topological polar surface area (TPSA) is 95.7 Å². The van der Waals surface area contributed by atoms with E-state index in [2.05, 4.69) is 24.8 Å². The van der Waals surface area contributed by atoms with Crippen LogP contribution in [0.1, 0.15) is 56.9 Å². The van der Waals surface area contributed by atoms with Gasteiger partial charge in [-0.15, -0.1) is 10.2 Å². The molecule has 4 aliphatic rings. The molecule has 0 bridgehead atoms. The Hall–Kier alpha value is -3.62. The van der Waals surface area contributed by atoms with Crippen LogP contribution in [-0.4, -0.2) is 108 Å². The quantitative estimate of drug-likeness (QED) is 0.403. The minimum atomic E-state index is -0.468. The molecule has 240 valence electrons. The first kappa shape index (κ1) is 31.4. The molecule has 0 unspecified atom stereocenters. The van der Waals surface area contributed by atoms with E-state index < -0.39 is 5.60 Å². The van der Waals surface area contributed by atoms with Gasteiger partial charge in [0, 0.05) is 64.3 Å². The molecular weight excluding hydrogens is 594 g/mol. The Morgan fingerprint density at radius 1 is 1.00 bits per heavy atom. The molecule has 11 nitrogen and oxygen atoms in total. The van der Waals surface area contributed by atoms with Crippen molar-refractivity contribution < 1.29 is 19.1 Å². The summed E-state index contributed by atoms with van der Waals surface area (Å²) in [4.78, 5) is 37.2. The highest BCUT2D eigenvalue weighted by Gasteiger charge is 2.55. The lowest BCUT2D eigenvalue weighted by Crippen LogP contribution is -2.65. The van der Waals surface area contributed by atoms with Crippen molar-refractivity contribution in [2.45, 2.75) is 58.2 Å². The molecule has 2 aromatic rings. The zero-order valence-corrected chi connectivity index (χ0v) is 27.1. The maximum Gasteiger partial charge on any atom is 0.410 e. The summed E-state index contributed by atoms with van der Waals surface area (Å²) in [5.74, 6) is 2.03. The first-order valence-electron chi connectivity index (χ1n) is 15.9. The summed E-state index contributed by atoms with van der Waals surface area (Å²) < 4.78 is 11.6. The average Bonchev–Trinajstić information content (AvgIpc) is 2.97. The third kappa shape index (κ3) is 7.28. The number of ether oxygens (including phenoxy) is 2. The second kappa shape index (κ2) is 12.6. The molecule has 4 heterocycles. The van der Waals surface area contributed by atoms with Gasteiger partial charge in [-0.25, -0.2) is 9.64 Å². The highest BCUT2D eigenvalue weighted by molar-refractivity contribution is 6.33. The molecule has 0 atom stereocenters. The van der Waals surface area contributed by atoms with Gasteiger partial charge in [-0.3, -0.25) is 9.69 Å². The Labute approximate surface area is 270 Å².